The second kappa shape index (κ2) is 4.71. The summed E-state index contributed by atoms with van der Waals surface area (Å²) in [5.74, 6) is -0.430. The lowest BCUT2D eigenvalue weighted by atomic mass is 10.2. The molecule has 0 unspecified atom stereocenters. The number of aryl methyl sites for hydroxylation is 1. The number of carboxylic acids is 1. The highest BCUT2D eigenvalue weighted by Gasteiger charge is 2.09. The van der Waals surface area contributed by atoms with Crippen molar-refractivity contribution in [2.75, 3.05) is 0 Å². The number of nitrogens with zero attached hydrogens (tertiary/aromatic N) is 4. The van der Waals surface area contributed by atoms with Gasteiger partial charge in [0.05, 0.1) is 11.3 Å². The Morgan fingerprint density at radius 2 is 2.19 bits per heavy atom. The number of halogens is 1. The number of pyridine rings is 1. The highest BCUT2D eigenvalue weighted by molar-refractivity contribution is 5.88. The quantitative estimate of drug-likeness (QED) is 0.850. The predicted octanol–water partition coefficient (Wildman–Crippen LogP) is 1.09. The summed E-state index contributed by atoms with van der Waals surface area (Å²) in [6.07, 6.45) is 2.89. The number of aromatic nitrogens is 4. The molecule has 16 heavy (non-hydrogen) atoms. The monoisotopic (exact) mass is 240 g/mol. The van der Waals surface area contributed by atoms with Crippen LogP contribution in [0.15, 0.2) is 24.8 Å². The normalized spacial score (nSPS) is 9.56. The van der Waals surface area contributed by atoms with Gasteiger partial charge in [0, 0.05) is 0 Å². The number of rotatable bonds is 2. The van der Waals surface area contributed by atoms with Crippen LogP contribution >= 0.6 is 12.4 Å². The van der Waals surface area contributed by atoms with E-state index in [1.54, 1.807) is 13.0 Å². The third-order valence-corrected chi connectivity index (χ3v) is 1.95. The number of carboxylic acid groups (broad SMARTS) is 1. The van der Waals surface area contributed by atoms with E-state index < -0.39 is 5.97 Å². The summed E-state index contributed by atoms with van der Waals surface area (Å²) in [6, 6.07) is 3.09. The molecule has 0 saturated heterocycles. The summed E-state index contributed by atoms with van der Waals surface area (Å²) in [4.78, 5) is 18.6. The van der Waals surface area contributed by atoms with Gasteiger partial charge in [-0.05, 0) is 19.1 Å². The Morgan fingerprint density at radius 1 is 1.44 bits per heavy atom. The standard InChI is InChI=1S/C9H8N4O2.ClH/c1-6-7(9(14)15)2-3-8(12-6)13-5-10-4-11-13;/h2-5H,1H3,(H,14,15);1H. The van der Waals surface area contributed by atoms with E-state index in [0.717, 1.165) is 0 Å². The summed E-state index contributed by atoms with van der Waals surface area (Å²) in [5.41, 5.74) is 0.648. The maximum Gasteiger partial charge on any atom is 0.337 e. The van der Waals surface area contributed by atoms with Gasteiger partial charge >= 0.3 is 5.97 Å². The Morgan fingerprint density at radius 3 is 2.69 bits per heavy atom. The molecule has 0 amide bonds. The van der Waals surface area contributed by atoms with E-state index in [9.17, 15) is 4.79 Å². The maximum atomic E-state index is 10.7. The van der Waals surface area contributed by atoms with Crippen molar-refractivity contribution < 1.29 is 9.90 Å². The van der Waals surface area contributed by atoms with Crippen LogP contribution < -0.4 is 0 Å². The van der Waals surface area contributed by atoms with E-state index in [2.05, 4.69) is 15.1 Å². The van der Waals surface area contributed by atoms with E-state index in [-0.39, 0.29) is 18.0 Å². The first-order valence-electron chi connectivity index (χ1n) is 4.24. The third kappa shape index (κ3) is 2.17. The molecule has 6 nitrogen and oxygen atoms in total. The van der Waals surface area contributed by atoms with Crippen molar-refractivity contribution in [3.8, 4) is 5.82 Å². The molecule has 2 rings (SSSR count). The van der Waals surface area contributed by atoms with Gasteiger partial charge in [-0.2, -0.15) is 5.10 Å². The lowest BCUT2D eigenvalue weighted by Crippen LogP contribution is -2.05. The first-order valence-corrected chi connectivity index (χ1v) is 4.24. The third-order valence-electron chi connectivity index (χ3n) is 1.95. The van der Waals surface area contributed by atoms with Gasteiger partial charge in [0.2, 0.25) is 0 Å². The molecule has 2 aromatic rings. The summed E-state index contributed by atoms with van der Waals surface area (Å²) in [6.45, 7) is 1.64. The molecule has 0 saturated carbocycles. The van der Waals surface area contributed by atoms with Crippen LogP contribution in [0.2, 0.25) is 0 Å². The lowest BCUT2D eigenvalue weighted by Gasteiger charge is -2.03. The summed E-state index contributed by atoms with van der Waals surface area (Å²) in [5, 5.41) is 12.7. The van der Waals surface area contributed by atoms with Crippen molar-refractivity contribution in [2.45, 2.75) is 6.92 Å². The molecule has 0 aliphatic heterocycles. The van der Waals surface area contributed by atoms with Crippen molar-refractivity contribution >= 4 is 18.4 Å². The fraction of sp³-hybridized carbons (Fsp3) is 0.111. The minimum atomic E-state index is -0.981. The zero-order valence-corrected chi connectivity index (χ0v) is 9.18. The van der Waals surface area contributed by atoms with E-state index in [1.165, 1.54) is 23.4 Å². The average molecular weight is 241 g/mol. The highest BCUT2D eigenvalue weighted by Crippen LogP contribution is 2.09. The fourth-order valence-electron chi connectivity index (χ4n) is 1.23. The van der Waals surface area contributed by atoms with Crippen LogP contribution in [0.4, 0.5) is 0 Å². The minimum absolute atomic E-state index is 0. The Balaban J connectivity index is 0.00000128. The van der Waals surface area contributed by atoms with Crippen molar-refractivity contribution in [3.63, 3.8) is 0 Å². The van der Waals surface area contributed by atoms with Crippen LogP contribution in [0.1, 0.15) is 16.1 Å². The second-order valence-electron chi connectivity index (χ2n) is 2.95. The van der Waals surface area contributed by atoms with Crippen LogP contribution in [0.5, 0.6) is 0 Å². The van der Waals surface area contributed by atoms with Crippen molar-refractivity contribution in [3.05, 3.63) is 36.0 Å². The smallest absolute Gasteiger partial charge is 0.337 e. The molecular weight excluding hydrogens is 232 g/mol. The summed E-state index contributed by atoms with van der Waals surface area (Å²) < 4.78 is 1.47. The topological polar surface area (TPSA) is 80.9 Å². The van der Waals surface area contributed by atoms with Gasteiger partial charge in [0.25, 0.3) is 0 Å². The molecule has 84 valence electrons. The predicted molar refractivity (Wildman–Crippen MR) is 58.1 cm³/mol. The average Bonchev–Trinajstić information content (AvgIpc) is 2.69. The van der Waals surface area contributed by atoms with Crippen LogP contribution in [-0.2, 0) is 0 Å². The molecule has 0 radical (unpaired) electrons. The molecule has 7 heteroatoms. The van der Waals surface area contributed by atoms with E-state index in [0.29, 0.717) is 11.5 Å². The van der Waals surface area contributed by atoms with E-state index in [1.807, 2.05) is 0 Å². The molecule has 1 N–H and O–H groups in total. The van der Waals surface area contributed by atoms with Crippen LogP contribution in [0, 0.1) is 6.92 Å². The summed E-state index contributed by atoms with van der Waals surface area (Å²) in [7, 11) is 0. The van der Waals surface area contributed by atoms with Crippen molar-refractivity contribution in [2.24, 2.45) is 0 Å². The molecule has 0 aliphatic rings. The first-order chi connectivity index (χ1) is 7.18. The molecular formula is C9H9ClN4O2. The van der Waals surface area contributed by atoms with Crippen molar-refractivity contribution in [1.82, 2.24) is 19.7 Å². The first kappa shape index (κ1) is 12.1. The molecule has 0 aromatic carbocycles. The van der Waals surface area contributed by atoms with Gasteiger partial charge in [-0.1, -0.05) is 0 Å². The van der Waals surface area contributed by atoms with Gasteiger partial charge < -0.3 is 5.11 Å². The van der Waals surface area contributed by atoms with E-state index >= 15 is 0 Å². The molecule has 0 atom stereocenters. The van der Waals surface area contributed by atoms with Gasteiger partial charge in [0.1, 0.15) is 12.7 Å². The lowest BCUT2D eigenvalue weighted by molar-refractivity contribution is 0.0695. The van der Waals surface area contributed by atoms with Crippen LogP contribution in [0.25, 0.3) is 5.82 Å². The fourth-order valence-corrected chi connectivity index (χ4v) is 1.23. The van der Waals surface area contributed by atoms with Crippen LogP contribution in [0.3, 0.4) is 0 Å². The Kier molecular flexibility index (Phi) is 3.57. The second-order valence-corrected chi connectivity index (χ2v) is 2.95. The molecule has 0 bridgehead atoms. The highest BCUT2D eigenvalue weighted by atomic mass is 35.5. The number of hydrogen-bond acceptors (Lipinski definition) is 4. The van der Waals surface area contributed by atoms with Gasteiger partial charge in [-0.15, -0.1) is 12.4 Å². The number of aromatic carboxylic acids is 1. The maximum absolute atomic E-state index is 10.7. The molecule has 2 heterocycles. The van der Waals surface area contributed by atoms with E-state index in [4.69, 9.17) is 5.11 Å². The number of hydrogen-bond donors (Lipinski definition) is 1. The minimum Gasteiger partial charge on any atom is -0.478 e. The molecule has 2 aromatic heterocycles. The Bertz CT molecular complexity index is 498. The summed E-state index contributed by atoms with van der Waals surface area (Å²) >= 11 is 0. The number of carbonyl (C=O) groups is 1. The largest absolute Gasteiger partial charge is 0.478 e. The van der Waals surface area contributed by atoms with Gasteiger partial charge in [-0.25, -0.2) is 19.4 Å². The zero-order valence-electron chi connectivity index (χ0n) is 8.36. The van der Waals surface area contributed by atoms with Gasteiger partial charge in [-0.3, -0.25) is 0 Å². The molecule has 0 spiro atoms. The SMILES string of the molecule is Cc1nc(-n2cncn2)ccc1C(=O)O.Cl. The Labute approximate surface area is 97.4 Å². The zero-order chi connectivity index (χ0) is 10.8. The molecule has 0 aliphatic carbocycles. The van der Waals surface area contributed by atoms with Crippen molar-refractivity contribution in [1.29, 1.82) is 0 Å². The Hall–Kier alpha value is -1.95. The molecule has 0 fully saturated rings. The van der Waals surface area contributed by atoms with Crippen LogP contribution in [-0.4, -0.2) is 30.8 Å². The van der Waals surface area contributed by atoms with Gasteiger partial charge in [0.15, 0.2) is 5.82 Å².